The number of halogens is 1. The van der Waals surface area contributed by atoms with Gasteiger partial charge in [0.05, 0.1) is 17.2 Å². The number of phenolic OH excluding ortho intramolecular Hbond substituents is 1. The average Bonchev–Trinajstić information content (AvgIpc) is 2.73. The van der Waals surface area contributed by atoms with E-state index in [2.05, 4.69) is 21.0 Å². The summed E-state index contributed by atoms with van der Waals surface area (Å²) in [5, 5.41) is 14.3. The predicted octanol–water partition coefficient (Wildman–Crippen LogP) is 4.06. The number of hydrogen-bond donors (Lipinski definition) is 1. The molecule has 0 aliphatic rings. The number of phenols is 1. The Bertz CT molecular complexity index is 911. The SMILES string of the molecule is Cn1c(=S)n(/N=C/c2cc(Br)ccc2O)c2ccccc21. The Balaban J connectivity index is 2.14. The molecule has 6 heteroatoms. The van der Waals surface area contributed by atoms with Crippen molar-refractivity contribution in [2.24, 2.45) is 12.1 Å². The lowest BCUT2D eigenvalue weighted by Crippen LogP contribution is -1.93. The van der Waals surface area contributed by atoms with E-state index in [9.17, 15) is 5.11 Å². The minimum Gasteiger partial charge on any atom is -0.507 e. The molecule has 0 saturated carbocycles. The van der Waals surface area contributed by atoms with Crippen LogP contribution in [0, 0.1) is 4.77 Å². The maximum absolute atomic E-state index is 9.85. The van der Waals surface area contributed by atoms with Gasteiger partial charge < -0.3 is 9.67 Å². The Labute approximate surface area is 135 Å². The number of imidazole rings is 1. The zero-order chi connectivity index (χ0) is 15.0. The fourth-order valence-electron chi connectivity index (χ4n) is 2.14. The third-order valence-corrected chi connectivity index (χ3v) is 4.18. The van der Waals surface area contributed by atoms with Gasteiger partial charge in [-0.05, 0) is 42.5 Å². The van der Waals surface area contributed by atoms with Crippen LogP contribution in [-0.4, -0.2) is 20.6 Å². The van der Waals surface area contributed by atoms with E-state index in [1.54, 1.807) is 29.1 Å². The molecule has 0 aliphatic heterocycles. The highest BCUT2D eigenvalue weighted by molar-refractivity contribution is 9.10. The molecule has 0 radical (unpaired) electrons. The van der Waals surface area contributed by atoms with Crippen molar-refractivity contribution in [3.8, 4) is 5.75 Å². The lowest BCUT2D eigenvalue weighted by molar-refractivity contribution is 0.474. The third kappa shape index (κ3) is 2.52. The Morgan fingerprint density at radius 3 is 2.67 bits per heavy atom. The molecule has 1 heterocycles. The number of fused-ring (bicyclic) bond motifs is 1. The first-order chi connectivity index (χ1) is 10.1. The van der Waals surface area contributed by atoms with E-state index >= 15 is 0 Å². The minimum atomic E-state index is 0.175. The molecule has 3 rings (SSSR count). The number of aryl methyl sites for hydroxylation is 1. The van der Waals surface area contributed by atoms with Crippen LogP contribution in [0.5, 0.6) is 5.75 Å². The van der Waals surface area contributed by atoms with Crippen LogP contribution in [0.4, 0.5) is 0 Å². The molecule has 0 bridgehead atoms. The van der Waals surface area contributed by atoms with Gasteiger partial charge in [-0.2, -0.15) is 5.10 Å². The van der Waals surface area contributed by atoms with E-state index in [4.69, 9.17) is 12.2 Å². The van der Waals surface area contributed by atoms with E-state index < -0.39 is 0 Å². The van der Waals surface area contributed by atoms with Crippen molar-refractivity contribution in [3.63, 3.8) is 0 Å². The van der Waals surface area contributed by atoms with E-state index in [1.165, 1.54) is 0 Å². The third-order valence-electron chi connectivity index (χ3n) is 3.24. The zero-order valence-corrected chi connectivity index (χ0v) is 13.6. The summed E-state index contributed by atoms with van der Waals surface area (Å²) >= 11 is 8.79. The van der Waals surface area contributed by atoms with Crippen LogP contribution in [0.1, 0.15) is 5.56 Å². The van der Waals surface area contributed by atoms with Crippen LogP contribution in [0.15, 0.2) is 52.0 Å². The number of aromatic hydroxyl groups is 1. The first-order valence-corrected chi connectivity index (χ1v) is 7.47. The topological polar surface area (TPSA) is 42.5 Å². The zero-order valence-electron chi connectivity index (χ0n) is 11.2. The fraction of sp³-hybridized carbons (Fsp3) is 0.0667. The van der Waals surface area contributed by atoms with E-state index in [1.807, 2.05) is 35.9 Å². The lowest BCUT2D eigenvalue weighted by Gasteiger charge is -2.00. The summed E-state index contributed by atoms with van der Waals surface area (Å²) in [7, 11) is 1.91. The molecule has 0 amide bonds. The van der Waals surface area contributed by atoms with Crippen LogP contribution in [0.3, 0.4) is 0 Å². The molecule has 4 nitrogen and oxygen atoms in total. The van der Waals surface area contributed by atoms with Crippen LogP contribution in [0.25, 0.3) is 11.0 Å². The van der Waals surface area contributed by atoms with Crippen LogP contribution < -0.4 is 0 Å². The quantitative estimate of drug-likeness (QED) is 0.552. The standard InChI is InChI=1S/C15H12BrN3OS/c1-18-12-4-2-3-5-13(12)19(15(18)21)17-9-10-8-11(16)6-7-14(10)20/h2-9,20H,1H3/b17-9+. The summed E-state index contributed by atoms with van der Waals surface area (Å²) in [5.41, 5.74) is 2.56. The van der Waals surface area contributed by atoms with Crippen molar-refractivity contribution in [2.45, 2.75) is 0 Å². The van der Waals surface area contributed by atoms with Gasteiger partial charge in [-0.1, -0.05) is 28.1 Å². The molecule has 106 valence electrons. The number of hydrogen-bond acceptors (Lipinski definition) is 3. The molecule has 0 spiro atoms. The van der Waals surface area contributed by atoms with E-state index in [0.29, 0.717) is 10.3 Å². The smallest absolute Gasteiger partial charge is 0.201 e. The number of aromatic nitrogens is 2. The normalized spacial score (nSPS) is 11.5. The van der Waals surface area contributed by atoms with Gasteiger partial charge in [0.1, 0.15) is 5.75 Å². The molecular formula is C15H12BrN3OS. The minimum absolute atomic E-state index is 0.175. The second-order valence-electron chi connectivity index (χ2n) is 4.59. The first kappa shape index (κ1) is 14.0. The molecule has 0 fully saturated rings. The molecule has 0 aliphatic carbocycles. The largest absolute Gasteiger partial charge is 0.507 e. The van der Waals surface area contributed by atoms with E-state index in [-0.39, 0.29) is 5.75 Å². The molecule has 1 N–H and O–H groups in total. The van der Waals surface area contributed by atoms with Gasteiger partial charge in [-0.15, -0.1) is 0 Å². The molecule has 1 aromatic heterocycles. The van der Waals surface area contributed by atoms with Crippen LogP contribution >= 0.6 is 28.1 Å². The van der Waals surface area contributed by atoms with Gasteiger partial charge in [0.25, 0.3) is 0 Å². The van der Waals surface area contributed by atoms with Crippen molar-refractivity contribution < 1.29 is 5.11 Å². The van der Waals surface area contributed by atoms with Crippen molar-refractivity contribution in [1.29, 1.82) is 0 Å². The molecule has 0 unspecified atom stereocenters. The lowest BCUT2D eigenvalue weighted by atomic mass is 10.2. The highest BCUT2D eigenvalue weighted by atomic mass is 79.9. The van der Waals surface area contributed by atoms with Crippen LogP contribution in [0.2, 0.25) is 0 Å². The maximum atomic E-state index is 9.85. The number of para-hydroxylation sites is 2. The van der Waals surface area contributed by atoms with Gasteiger partial charge >= 0.3 is 0 Å². The Morgan fingerprint density at radius 1 is 1.19 bits per heavy atom. The predicted molar refractivity (Wildman–Crippen MR) is 90.5 cm³/mol. The highest BCUT2D eigenvalue weighted by Crippen LogP contribution is 2.21. The number of nitrogens with zero attached hydrogens (tertiary/aromatic N) is 3. The molecule has 2 aromatic carbocycles. The maximum Gasteiger partial charge on any atom is 0.201 e. The molecule has 0 atom stereocenters. The molecular weight excluding hydrogens is 350 g/mol. The fourth-order valence-corrected chi connectivity index (χ4v) is 2.76. The molecule has 0 saturated heterocycles. The average molecular weight is 362 g/mol. The summed E-state index contributed by atoms with van der Waals surface area (Å²) in [6.07, 6.45) is 1.60. The van der Waals surface area contributed by atoms with Gasteiger partial charge in [0.2, 0.25) is 4.77 Å². The monoisotopic (exact) mass is 361 g/mol. The number of rotatable bonds is 2. The van der Waals surface area contributed by atoms with Gasteiger partial charge in [-0.25, -0.2) is 4.68 Å². The highest BCUT2D eigenvalue weighted by Gasteiger charge is 2.06. The number of benzene rings is 2. The van der Waals surface area contributed by atoms with Crippen molar-refractivity contribution in [3.05, 3.63) is 57.3 Å². The van der Waals surface area contributed by atoms with Gasteiger partial charge in [0.15, 0.2) is 0 Å². The van der Waals surface area contributed by atoms with Crippen molar-refractivity contribution in [1.82, 2.24) is 9.24 Å². The molecule has 21 heavy (non-hydrogen) atoms. The first-order valence-electron chi connectivity index (χ1n) is 6.27. The van der Waals surface area contributed by atoms with E-state index in [0.717, 1.165) is 15.5 Å². The molecule has 3 aromatic rings. The van der Waals surface area contributed by atoms with Crippen molar-refractivity contribution >= 4 is 45.4 Å². The Kier molecular flexibility index (Phi) is 3.65. The second kappa shape index (κ2) is 5.46. The second-order valence-corrected chi connectivity index (χ2v) is 5.87. The van der Waals surface area contributed by atoms with Crippen molar-refractivity contribution in [2.75, 3.05) is 0 Å². The summed E-state index contributed by atoms with van der Waals surface area (Å²) in [5.74, 6) is 0.175. The summed E-state index contributed by atoms with van der Waals surface area (Å²) in [6.45, 7) is 0. The van der Waals surface area contributed by atoms with Gasteiger partial charge in [-0.3, -0.25) is 0 Å². The summed E-state index contributed by atoms with van der Waals surface area (Å²) < 4.78 is 5.07. The summed E-state index contributed by atoms with van der Waals surface area (Å²) in [4.78, 5) is 0. The summed E-state index contributed by atoms with van der Waals surface area (Å²) in [6, 6.07) is 13.1. The Morgan fingerprint density at radius 2 is 1.90 bits per heavy atom. The van der Waals surface area contributed by atoms with Crippen LogP contribution in [-0.2, 0) is 7.05 Å². The Hall–Kier alpha value is -1.92. The van der Waals surface area contributed by atoms with Gasteiger partial charge in [0, 0.05) is 17.1 Å².